The van der Waals surface area contributed by atoms with Crippen LogP contribution < -0.4 is 5.32 Å². The predicted octanol–water partition coefficient (Wildman–Crippen LogP) is 2.93. The third kappa shape index (κ3) is 3.88. The fraction of sp³-hybridized carbons (Fsp3) is 0.615. The summed E-state index contributed by atoms with van der Waals surface area (Å²) >= 11 is 11.6. The molecule has 2 rings (SSSR count). The minimum absolute atomic E-state index is 0.136. The zero-order valence-corrected chi connectivity index (χ0v) is 12.5. The van der Waals surface area contributed by atoms with E-state index in [0.29, 0.717) is 15.9 Å². The largest absolute Gasteiger partial charge is 0.348 e. The number of amides is 1. The lowest BCUT2D eigenvalue weighted by Gasteiger charge is -2.31. The molecular formula is C13H19Cl2N3O. The summed E-state index contributed by atoms with van der Waals surface area (Å²) in [5, 5.41) is 3.71. The van der Waals surface area contributed by atoms with Crippen LogP contribution in [-0.2, 0) is 0 Å². The number of nitrogens with one attached hydrogen (secondary N) is 2. The van der Waals surface area contributed by atoms with Gasteiger partial charge in [0.05, 0.1) is 5.02 Å². The summed E-state index contributed by atoms with van der Waals surface area (Å²) in [6.45, 7) is 5.42. The number of nitrogens with zero attached hydrogens (tertiary/aromatic N) is 1. The molecule has 1 aromatic heterocycles. The second-order valence-electron chi connectivity index (χ2n) is 4.93. The number of hydrogen-bond acceptors (Lipinski definition) is 2. The van der Waals surface area contributed by atoms with Crippen molar-refractivity contribution < 1.29 is 4.79 Å². The fourth-order valence-corrected chi connectivity index (χ4v) is 2.72. The van der Waals surface area contributed by atoms with E-state index in [-0.39, 0.29) is 11.9 Å². The molecule has 6 heteroatoms. The Bertz CT molecular complexity index is 420. The van der Waals surface area contributed by atoms with E-state index >= 15 is 0 Å². The van der Waals surface area contributed by atoms with Gasteiger partial charge in [0, 0.05) is 19.1 Å². The quantitative estimate of drug-likeness (QED) is 0.898. The summed E-state index contributed by atoms with van der Waals surface area (Å²) in [5.74, 6) is -0.136. The first-order chi connectivity index (χ1) is 9.10. The van der Waals surface area contributed by atoms with Gasteiger partial charge in [-0.15, -0.1) is 0 Å². The van der Waals surface area contributed by atoms with Gasteiger partial charge in [-0.25, -0.2) is 0 Å². The first-order valence-corrected chi connectivity index (χ1v) is 7.43. The maximum absolute atomic E-state index is 12.0. The molecule has 0 aromatic carbocycles. The Morgan fingerprint density at radius 2 is 2.16 bits per heavy atom. The van der Waals surface area contributed by atoms with Crippen molar-refractivity contribution in [3.8, 4) is 0 Å². The van der Waals surface area contributed by atoms with E-state index in [1.165, 1.54) is 6.42 Å². The first kappa shape index (κ1) is 14.7. The monoisotopic (exact) mass is 303 g/mol. The smallest absolute Gasteiger partial charge is 0.268 e. The molecule has 4 nitrogen and oxygen atoms in total. The van der Waals surface area contributed by atoms with Crippen molar-refractivity contribution in [2.75, 3.05) is 19.6 Å². The van der Waals surface area contributed by atoms with Crippen LogP contribution in [0, 0.1) is 0 Å². The summed E-state index contributed by atoms with van der Waals surface area (Å²) in [6.07, 6.45) is 3.17. The van der Waals surface area contributed by atoms with Gasteiger partial charge in [-0.1, -0.05) is 30.1 Å². The highest BCUT2D eigenvalue weighted by atomic mass is 35.5. The molecule has 0 saturated carbocycles. The average Bonchev–Trinajstić information content (AvgIpc) is 2.72. The Balaban J connectivity index is 1.84. The molecule has 1 aliphatic heterocycles. The van der Waals surface area contributed by atoms with Gasteiger partial charge >= 0.3 is 0 Å². The molecule has 0 atom stereocenters. The second-order valence-corrected chi connectivity index (χ2v) is 5.72. The van der Waals surface area contributed by atoms with Crippen molar-refractivity contribution in [2.24, 2.45) is 0 Å². The Morgan fingerprint density at radius 1 is 1.47 bits per heavy atom. The summed E-state index contributed by atoms with van der Waals surface area (Å²) in [4.78, 5) is 17.2. The summed E-state index contributed by atoms with van der Waals surface area (Å²) in [6, 6.07) is 1.80. The van der Waals surface area contributed by atoms with E-state index in [1.807, 2.05) is 0 Å². The Kier molecular flexibility index (Phi) is 5.13. The number of aromatic nitrogens is 1. The number of H-pyrrole nitrogens is 1. The highest BCUT2D eigenvalue weighted by Crippen LogP contribution is 2.22. The molecule has 0 radical (unpaired) electrons. The highest BCUT2D eigenvalue weighted by Gasteiger charge is 2.21. The zero-order valence-electron chi connectivity index (χ0n) is 11.0. The van der Waals surface area contributed by atoms with Crippen molar-refractivity contribution >= 4 is 29.1 Å². The van der Waals surface area contributed by atoms with Gasteiger partial charge in [0.2, 0.25) is 0 Å². The summed E-state index contributed by atoms with van der Waals surface area (Å²) in [7, 11) is 0. The molecule has 2 N–H and O–H groups in total. The normalized spacial score (nSPS) is 17.6. The van der Waals surface area contributed by atoms with Crippen LogP contribution in [0.2, 0.25) is 10.2 Å². The number of aromatic amines is 1. The van der Waals surface area contributed by atoms with Gasteiger partial charge < -0.3 is 15.2 Å². The van der Waals surface area contributed by atoms with Gasteiger partial charge in [-0.05, 0) is 31.9 Å². The minimum Gasteiger partial charge on any atom is -0.348 e. The van der Waals surface area contributed by atoms with Crippen molar-refractivity contribution in [2.45, 2.75) is 32.2 Å². The molecular weight excluding hydrogens is 285 g/mol. The predicted molar refractivity (Wildman–Crippen MR) is 78.0 cm³/mol. The maximum Gasteiger partial charge on any atom is 0.268 e. The van der Waals surface area contributed by atoms with Crippen molar-refractivity contribution in [3.63, 3.8) is 0 Å². The zero-order chi connectivity index (χ0) is 13.8. The van der Waals surface area contributed by atoms with E-state index in [0.717, 1.165) is 32.5 Å². The number of piperidine rings is 1. The number of likely N-dealkylation sites (tertiary alicyclic amines) is 1. The van der Waals surface area contributed by atoms with E-state index in [9.17, 15) is 4.79 Å². The number of halogens is 2. The van der Waals surface area contributed by atoms with Crippen LogP contribution in [-0.4, -0.2) is 41.5 Å². The Hall–Kier alpha value is -0.710. The number of hydrogen-bond donors (Lipinski definition) is 2. The van der Waals surface area contributed by atoms with E-state index in [4.69, 9.17) is 23.2 Å². The molecule has 106 valence electrons. The number of carbonyl (C=O) groups excluding carboxylic acids is 1. The number of rotatable bonds is 4. The molecule has 2 heterocycles. The first-order valence-electron chi connectivity index (χ1n) is 6.67. The molecule has 0 aliphatic carbocycles. The molecule has 1 saturated heterocycles. The van der Waals surface area contributed by atoms with E-state index in [1.54, 1.807) is 6.07 Å². The molecule has 0 bridgehead atoms. The third-order valence-corrected chi connectivity index (χ3v) is 4.13. The molecule has 1 amide bonds. The van der Waals surface area contributed by atoms with Crippen molar-refractivity contribution in [1.29, 1.82) is 0 Å². The lowest BCUT2D eigenvalue weighted by atomic mass is 10.0. The van der Waals surface area contributed by atoms with Crippen molar-refractivity contribution in [3.05, 3.63) is 21.9 Å². The van der Waals surface area contributed by atoms with Crippen LogP contribution in [0.15, 0.2) is 6.07 Å². The van der Waals surface area contributed by atoms with E-state index < -0.39 is 0 Å². The fourth-order valence-electron chi connectivity index (χ4n) is 2.41. The molecule has 0 unspecified atom stereocenters. The van der Waals surface area contributed by atoms with Crippen LogP contribution in [0.5, 0.6) is 0 Å². The van der Waals surface area contributed by atoms with Crippen LogP contribution in [0.3, 0.4) is 0 Å². The lowest BCUT2D eigenvalue weighted by Crippen LogP contribution is -2.44. The maximum atomic E-state index is 12.0. The van der Waals surface area contributed by atoms with Gasteiger partial charge in [0.15, 0.2) is 0 Å². The standard InChI is InChI=1S/C13H19Cl2N3O/c1-2-5-18-6-3-9(4-7-18)16-13(19)11-8-10(14)12(15)17-11/h8-9,17H,2-7H2,1H3,(H,16,19). The van der Waals surface area contributed by atoms with E-state index in [2.05, 4.69) is 22.1 Å². The van der Waals surface area contributed by atoms with Gasteiger partial charge in [-0.3, -0.25) is 4.79 Å². The van der Waals surface area contributed by atoms with Crippen molar-refractivity contribution in [1.82, 2.24) is 15.2 Å². The summed E-state index contributed by atoms with van der Waals surface area (Å²) < 4.78 is 0. The molecule has 1 aliphatic rings. The molecule has 1 fully saturated rings. The highest BCUT2D eigenvalue weighted by molar-refractivity contribution is 6.41. The average molecular weight is 304 g/mol. The molecule has 0 spiro atoms. The summed E-state index contributed by atoms with van der Waals surface area (Å²) in [5.41, 5.74) is 0.422. The number of carbonyl (C=O) groups is 1. The van der Waals surface area contributed by atoms with Crippen LogP contribution >= 0.6 is 23.2 Å². The van der Waals surface area contributed by atoms with Crippen LogP contribution in [0.1, 0.15) is 36.7 Å². The van der Waals surface area contributed by atoms with Gasteiger partial charge in [-0.2, -0.15) is 0 Å². The molecule has 19 heavy (non-hydrogen) atoms. The topological polar surface area (TPSA) is 48.1 Å². The SMILES string of the molecule is CCCN1CCC(NC(=O)c2cc(Cl)c(Cl)[nH]2)CC1. The van der Waals surface area contributed by atoms with Gasteiger partial charge in [0.25, 0.3) is 5.91 Å². The third-order valence-electron chi connectivity index (χ3n) is 3.43. The van der Waals surface area contributed by atoms with Crippen LogP contribution in [0.25, 0.3) is 0 Å². The minimum atomic E-state index is -0.136. The second kappa shape index (κ2) is 6.64. The lowest BCUT2D eigenvalue weighted by molar-refractivity contribution is 0.0906. The Morgan fingerprint density at radius 3 is 2.68 bits per heavy atom. The van der Waals surface area contributed by atoms with Crippen LogP contribution in [0.4, 0.5) is 0 Å². The van der Waals surface area contributed by atoms with Gasteiger partial charge in [0.1, 0.15) is 10.8 Å². The Labute approximate surface area is 123 Å². The molecule has 1 aromatic rings.